The van der Waals surface area contributed by atoms with E-state index in [4.69, 9.17) is 4.74 Å². The van der Waals surface area contributed by atoms with Crippen molar-refractivity contribution in [2.75, 3.05) is 36.5 Å². The molecule has 0 aliphatic carbocycles. The number of anilines is 2. The Labute approximate surface area is 176 Å². The summed E-state index contributed by atoms with van der Waals surface area (Å²) in [5.74, 6) is 0.764. The summed E-state index contributed by atoms with van der Waals surface area (Å²) in [6, 6.07) is 12.0. The summed E-state index contributed by atoms with van der Waals surface area (Å²) < 4.78 is 5.37. The number of hydrogen-bond donors (Lipinski definition) is 1. The first kappa shape index (κ1) is 20.0. The molecule has 7 nitrogen and oxygen atoms in total. The van der Waals surface area contributed by atoms with Crippen molar-refractivity contribution < 1.29 is 9.53 Å². The monoisotopic (exact) mass is 403 g/mol. The van der Waals surface area contributed by atoms with Crippen LogP contribution in [-0.2, 0) is 16.0 Å². The minimum absolute atomic E-state index is 0.0112. The maximum Gasteiger partial charge on any atom is 0.225 e. The Morgan fingerprint density at radius 2 is 1.77 bits per heavy atom. The zero-order valence-corrected chi connectivity index (χ0v) is 16.8. The van der Waals surface area contributed by atoms with Crippen LogP contribution >= 0.6 is 0 Å². The van der Waals surface area contributed by atoms with Gasteiger partial charge in [-0.2, -0.15) is 0 Å². The van der Waals surface area contributed by atoms with Crippen LogP contribution in [0.3, 0.4) is 0 Å². The van der Waals surface area contributed by atoms with Crippen LogP contribution in [0.15, 0.2) is 61.2 Å². The van der Waals surface area contributed by atoms with Crippen LogP contribution in [0.5, 0.6) is 0 Å². The van der Waals surface area contributed by atoms with Crippen molar-refractivity contribution in [1.29, 1.82) is 0 Å². The van der Waals surface area contributed by atoms with Crippen LogP contribution in [0.25, 0.3) is 11.1 Å². The normalized spacial score (nSPS) is 13.8. The highest BCUT2D eigenvalue weighted by atomic mass is 16.5. The summed E-state index contributed by atoms with van der Waals surface area (Å²) >= 11 is 0. The fourth-order valence-corrected chi connectivity index (χ4v) is 3.37. The third kappa shape index (κ3) is 5.39. The van der Waals surface area contributed by atoms with Crippen LogP contribution in [0.1, 0.15) is 18.4 Å². The molecular weight excluding hydrogens is 378 g/mol. The fraction of sp³-hybridized carbons (Fsp3) is 0.304. The summed E-state index contributed by atoms with van der Waals surface area (Å²) in [5, 5.41) is 2.86. The molecule has 0 atom stereocenters. The van der Waals surface area contributed by atoms with Gasteiger partial charge in [-0.05, 0) is 36.1 Å². The Kier molecular flexibility index (Phi) is 6.61. The second-order valence-electron chi connectivity index (χ2n) is 7.21. The molecule has 3 aromatic rings. The molecule has 1 amide bonds. The average molecular weight is 403 g/mol. The largest absolute Gasteiger partial charge is 0.378 e. The van der Waals surface area contributed by atoms with Crippen molar-refractivity contribution in [3.8, 4) is 11.1 Å². The molecule has 1 N–H and O–H groups in total. The molecule has 3 heterocycles. The van der Waals surface area contributed by atoms with Crippen LogP contribution < -0.4 is 10.2 Å². The van der Waals surface area contributed by atoms with Gasteiger partial charge in [-0.1, -0.05) is 24.3 Å². The summed E-state index contributed by atoms with van der Waals surface area (Å²) in [6.45, 7) is 3.10. The lowest BCUT2D eigenvalue weighted by Crippen LogP contribution is -2.37. The zero-order chi connectivity index (χ0) is 20.6. The molecule has 0 bridgehead atoms. The van der Waals surface area contributed by atoms with E-state index < -0.39 is 0 Å². The predicted octanol–water partition coefficient (Wildman–Crippen LogP) is 3.34. The third-order valence-electron chi connectivity index (χ3n) is 5.03. The number of nitrogens with one attached hydrogen (secondary N) is 1. The van der Waals surface area contributed by atoms with E-state index >= 15 is 0 Å². The Hall–Kier alpha value is -3.32. The van der Waals surface area contributed by atoms with Gasteiger partial charge >= 0.3 is 0 Å². The number of pyridine rings is 1. The van der Waals surface area contributed by atoms with E-state index in [9.17, 15) is 4.79 Å². The summed E-state index contributed by atoms with van der Waals surface area (Å²) in [4.78, 5) is 27.2. The number of morpholine rings is 1. The molecule has 7 heteroatoms. The highest BCUT2D eigenvalue weighted by Crippen LogP contribution is 2.21. The van der Waals surface area contributed by atoms with E-state index in [1.807, 2.05) is 18.5 Å². The van der Waals surface area contributed by atoms with Gasteiger partial charge in [0.25, 0.3) is 0 Å². The highest BCUT2D eigenvalue weighted by Gasteiger charge is 2.13. The number of carbonyl (C=O) groups is 1. The number of benzene rings is 1. The number of rotatable bonds is 7. The molecule has 30 heavy (non-hydrogen) atoms. The SMILES string of the molecule is O=C(CCCc1ccc(-c2cnc(N3CCOCC3)nc2)cc1)Nc1cccnc1. The van der Waals surface area contributed by atoms with Crippen molar-refractivity contribution in [2.45, 2.75) is 19.3 Å². The van der Waals surface area contributed by atoms with Gasteiger partial charge in [-0.3, -0.25) is 9.78 Å². The van der Waals surface area contributed by atoms with E-state index in [1.165, 1.54) is 5.56 Å². The van der Waals surface area contributed by atoms with E-state index in [2.05, 4.69) is 49.4 Å². The van der Waals surface area contributed by atoms with E-state index in [1.54, 1.807) is 18.5 Å². The Morgan fingerprint density at radius 1 is 1.00 bits per heavy atom. The molecule has 0 unspecified atom stereocenters. The molecule has 154 valence electrons. The predicted molar refractivity (Wildman–Crippen MR) is 116 cm³/mol. The average Bonchev–Trinajstić information content (AvgIpc) is 2.81. The number of amides is 1. The number of aryl methyl sites for hydroxylation is 1. The lowest BCUT2D eigenvalue weighted by molar-refractivity contribution is -0.116. The number of ether oxygens (including phenoxy) is 1. The maximum atomic E-state index is 12.0. The summed E-state index contributed by atoms with van der Waals surface area (Å²) in [7, 11) is 0. The van der Waals surface area contributed by atoms with Crippen molar-refractivity contribution >= 4 is 17.5 Å². The Bertz CT molecular complexity index is 940. The van der Waals surface area contributed by atoms with Gasteiger partial charge in [0.15, 0.2) is 0 Å². The highest BCUT2D eigenvalue weighted by molar-refractivity contribution is 5.90. The minimum atomic E-state index is 0.0112. The second-order valence-corrected chi connectivity index (χ2v) is 7.21. The number of aromatic nitrogens is 3. The Morgan fingerprint density at radius 3 is 2.47 bits per heavy atom. The molecule has 0 radical (unpaired) electrons. The smallest absolute Gasteiger partial charge is 0.225 e. The second kappa shape index (κ2) is 9.93. The van der Waals surface area contributed by atoms with E-state index in [0.29, 0.717) is 6.42 Å². The molecule has 1 aliphatic rings. The first-order chi connectivity index (χ1) is 14.8. The van der Waals surface area contributed by atoms with Crippen molar-refractivity contribution in [1.82, 2.24) is 15.0 Å². The van der Waals surface area contributed by atoms with Gasteiger partial charge in [-0.25, -0.2) is 9.97 Å². The quantitative estimate of drug-likeness (QED) is 0.652. The lowest BCUT2D eigenvalue weighted by atomic mass is 10.0. The van der Waals surface area contributed by atoms with Gasteiger partial charge in [0, 0.05) is 43.7 Å². The van der Waals surface area contributed by atoms with Gasteiger partial charge in [0.1, 0.15) is 0 Å². The fourth-order valence-electron chi connectivity index (χ4n) is 3.37. The Balaban J connectivity index is 1.27. The molecular formula is C23H25N5O2. The van der Waals surface area contributed by atoms with Gasteiger partial charge in [-0.15, -0.1) is 0 Å². The molecule has 1 aliphatic heterocycles. The van der Waals surface area contributed by atoms with Gasteiger partial charge < -0.3 is 15.0 Å². The van der Waals surface area contributed by atoms with E-state index in [-0.39, 0.29) is 5.91 Å². The van der Waals surface area contributed by atoms with Gasteiger partial charge in [0.05, 0.1) is 25.1 Å². The third-order valence-corrected chi connectivity index (χ3v) is 5.03. The molecule has 1 fully saturated rings. The zero-order valence-electron chi connectivity index (χ0n) is 16.8. The lowest BCUT2D eigenvalue weighted by Gasteiger charge is -2.26. The molecule has 0 saturated carbocycles. The van der Waals surface area contributed by atoms with Crippen molar-refractivity contribution in [3.63, 3.8) is 0 Å². The first-order valence-corrected chi connectivity index (χ1v) is 10.2. The molecule has 0 spiro atoms. The van der Waals surface area contributed by atoms with Crippen LogP contribution in [0, 0.1) is 0 Å². The van der Waals surface area contributed by atoms with E-state index in [0.717, 1.165) is 61.9 Å². The molecule has 4 rings (SSSR count). The molecule has 1 aromatic carbocycles. The topological polar surface area (TPSA) is 80.2 Å². The standard InChI is InChI=1S/C23H25N5O2/c29-22(27-21-4-2-10-24-17-21)5-1-3-18-6-8-19(9-7-18)20-15-25-23(26-16-20)28-11-13-30-14-12-28/h2,4,6-10,15-17H,1,3,5,11-14H2,(H,27,29). The number of hydrogen-bond acceptors (Lipinski definition) is 6. The summed E-state index contributed by atoms with van der Waals surface area (Å²) in [5.41, 5.74) is 4.02. The first-order valence-electron chi connectivity index (χ1n) is 10.2. The van der Waals surface area contributed by atoms with Crippen molar-refractivity contribution in [2.24, 2.45) is 0 Å². The maximum absolute atomic E-state index is 12.0. The van der Waals surface area contributed by atoms with Crippen molar-refractivity contribution in [3.05, 3.63) is 66.7 Å². The van der Waals surface area contributed by atoms with Crippen LogP contribution in [0.4, 0.5) is 11.6 Å². The van der Waals surface area contributed by atoms with Gasteiger partial charge in [0.2, 0.25) is 11.9 Å². The number of carbonyl (C=O) groups excluding carboxylic acids is 1. The number of nitrogens with zero attached hydrogens (tertiary/aromatic N) is 4. The summed E-state index contributed by atoms with van der Waals surface area (Å²) in [6.07, 6.45) is 9.20. The molecule has 2 aromatic heterocycles. The van der Waals surface area contributed by atoms with Crippen LogP contribution in [0.2, 0.25) is 0 Å². The molecule has 1 saturated heterocycles. The van der Waals surface area contributed by atoms with Crippen LogP contribution in [-0.4, -0.2) is 47.2 Å². The minimum Gasteiger partial charge on any atom is -0.378 e.